The van der Waals surface area contributed by atoms with Crippen LogP contribution in [-0.2, 0) is 6.42 Å². The van der Waals surface area contributed by atoms with Gasteiger partial charge < -0.3 is 0 Å². The highest BCUT2D eigenvalue weighted by atomic mass is 32.1. The third-order valence-electron chi connectivity index (χ3n) is 3.11. The molecule has 5 heteroatoms. The molecule has 0 radical (unpaired) electrons. The quantitative estimate of drug-likeness (QED) is 0.466. The Balaban J connectivity index is 2.14. The molecule has 0 bridgehead atoms. The highest BCUT2D eigenvalue weighted by Gasteiger charge is 2.15. The molecule has 2 rings (SSSR count). The minimum atomic E-state index is -1.57. The van der Waals surface area contributed by atoms with E-state index in [1.807, 2.05) is 24.3 Å². The third kappa shape index (κ3) is 3.55. The van der Waals surface area contributed by atoms with Gasteiger partial charge in [0, 0.05) is 17.4 Å². The highest BCUT2D eigenvalue weighted by Crippen LogP contribution is 2.17. The molecule has 0 aliphatic heterocycles. The van der Waals surface area contributed by atoms with Crippen LogP contribution >= 0.6 is 12.2 Å². The summed E-state index contributed by atoms with van der Waals surface area (Å²) in [6.45, 7) is 0. The minimum absolute atomic E-state index is 0.0602. The second-order valence-electron chi connectivity index (χ2n) is 4.49. The average Bonchev–Trinajstić information content (AvgIpc) is 2.49. The predicted octanol–water partition coefficient (Wildman–Crippen LogP) is 4.27. The fraction of sp³-hybridized carbons (Fsp3) is 0.125. The molecule has 0 heterocycles. The number of halogens is 3. The number of thiocarbonyl (C=S) groups is 1. The van der Waals surface area contributed by atoms with Gasteiger partial charge in [-0.2, -0.15) is 0 Å². The Morgan fingerprint density at radius 2 is 1.71 bits per heavy atom. The monoisotopic (exact) mass is 308 g/mol. The normalized spacial score (nSPS) is 10.4. The van der Waals surface area contributed by atoms with Crippen molar-refractivity contribution in [3.8, 4) is 0 Å². The molecule has 0 fully saturated rings. The molecule has 0 aromatic heterocycles. The molecule has 0 aliphatic rings. The van der Waals surface area contributed by atoms with Crippen molar-refractivity contribution < 1.29 is 18.0 Å². The maximum atomic E-state index is 13.1. The third-order valence-corrected chi connectivity index (χ3v) is 3.36. The molecule has 1 nitrogen and oxygen atoms in total. The summed E-state index contributed by atoms with van der Waals surface area (Å²) in [6, 6.07) is 8.73. The fourth-order valence-electron chi connectivity index (χ4n) is 1.99. The second-order valence-corrected chi connectivity index (χ2v) is 4.73. The van der Waals surface area contributed by atoms with E-state index in [4.69, 9.17) is 12.2 Å². The minimum Gasteiger partial charge on any atom is -0.294 e. The molecule has 0 aliphatic carbocycles. The summed E-state index contributed by atoms with van der Waals surface area (Å²) >= 11 is 4.88. The van der Waals surface area contributed by atoms with Crippen molar-refractivity contribution in [1.29, 1.82) is 0 Å². The van der Waals surface area contributed by atoms with Crippen molar-refractivity contribution in [2.45, 2.75) is 12.8 Å². The first-order valence-electron chi connectivity index (χ1n) is 6.23. The van der Waals surface area contributed by atoms with Gasteiger partial charge in [-0.25, -0.2) is 13.2 Å². The zero-order valence-corrected chi connectivity index (χ0v) is 11.7. The number of carbonyl (C=O) groups is 1. The maximum absolute atomic E-state index is 13.1. The van der Waals surface area contributed by atoms with E-state index < -0.39 is 23.2 Å². The zero-order chi connectivity index (χ0) is 15.4. The van der Waals surface area contributed by atoms with Crippen molar-refractivity contribution in [3.05, 3.63) is 70.5 Å². The molecule has 0 spiro atoms. The van der Waals surface area contributed by atoms with Crippen LogP contribution < -0.4 is 0 Å². The molecule has 0 saturated heterocycles. The lowest BCUT2D eigenvalue weighted by Crippen LogP contribution is -2.05. The summed E-state index contributed by atoms with van der Waals surface area (Å²) in [7, 11) is 0. The molecule has 0 N–H and O–H groups in total. The molecule has 108 valence electrons. The molecule has 0 atom stereocenters. The fourth-order valence-corrected chi connectivity index (χ4v) is 2.22. The van der Waals surface area contributed by atoms with Crippen LogP contribution in [0, 0.1) is 17.5 Å². The van der Waals surface area contributed by atoms with Gasteiger partial charge in [0.2, 0.25) is 0 Å². The number of Topliss-reactive ketones (excluding diaryl/α,β-unsaturated/α-hetero) is 1. The van der Waals surface area contributed by atoms with Gasteiger partial charge in [0.1, 0.15) is 0 Å². The molecular formula is C16H11F3OS. The van der Waals surface area contributed by atoms with Crippen LogP contribution in [0.15, 0.2) is 36.4 Å². The topological polar surface area (TPSA) is 17.1 Å². The standard InChI is InChI=1S/C16H11F3OS/c17-13-7-12(8-14(18)16(13)19)15(20)6-5-10-3-1-2-4-11(10)9-21/h1-4,7-9H,5-6H2. The number of rotatable bonds is 5. The van der Waals surface area contributed by atoms with Crippen LogP contribution in [0.25, 0.3) is 0 Å². The van der Waals surface area contributed by atoms with Crippen LogP contribution in [0.2, 0.25) is 0 Å². The number of hydrogen-bond acceptors (Lipinski definition) is 2. The van der Waals surface area contributed by atoms with E-state index in [1.54, 1.807) is 0 Å². The van der Waals surface area contributed by atoms with Crippen LogP contribution in [-0.4, -0.2) is 11.2 Å². The van der Waals surface area contributed by atoms with Gasteiger partial charge in [-0.1, -0.05) is 36.5 Å². The molecular weight excluding hydrogens is 297 g/mol. The molecule has 0 saturated carbocycles. The summed E-state index contributed by atoms with van der Waals surface area (Å²) in [4.78, 5) is 11.9. The Morgan fingerprint density at radius 1 is 1.10 bits per heavy atom. The van der Waals surface area contributed by atoms with Crippen LogP contribution in [0.4, 0.5) is 13.2 Å². The van der Waals surface area contributed by atoms with E-state index >= 15 is 0 Å². The average molecular weight is 308 g/mol. The largest absolute Gasteiger partial charge is 0.294 e. The van der Waals surface area contributed by atoms with E-state index in [1.165, 1.54) is 5.37 Å². The zero-order valence-electron chi connectivity index (χ0n) is 10.9. The number of carbonyl (C=O) groups excluding carboxylic acids is 1. The summed E-state index contributed by atoms with van der Waals surface area (Å²) in [5.74, 6) is -4.75. The maximum Gasteiger partial charge on any atom is 0.194 e. The first-order chi connectivity index (χ1) is 10.0. The molecule has 21 heavy (non-hydrogen) atoms. The molecule has 2 aromatic rings. The van der Waals surface area contributed by atoms with Gasteiger partial charge in [0.05, 0.1) is 0 Å². The van der Waals surface area contributed by atoms with Crippen LogP contribution in [0.5, 0.6) is 0 Å². The lowest BCUT2D eigenvalue weighted by atomic mass is 9.99. The first-order valence-corrected chi connectivity index (χ1v) is 6.71. The van der Waals surface area contributed by atoms with Crippen molar-refractivity contribution in [3.63, 3.8) is 0 Å². The van der Waals surface area contributed by atoms with Crippen molar-refractivity contribution in [2.75, 3.05) is 0 Å². The summed E-state index contributed by atoms with van der Waals surface area (Å²) in [5.41, 5.74) is 1.53. The highest BCUT2D eigenvalue weighted by molar-refractivity contribution is 7.79. The van der Waals surface area contributed by atoms with E-state index in [9.17, 15) is 18.0 Å². The smallest absolute Gasteiger partial charge is 0.194 e. The van der Waals surface area contributed by atoms with Crippen molar-refractivity contribution in [2.24, 2.45) is 0 Å². The van der Waals surface area contributed by atoms with Crippen molar-refractivity contribution in [1.82, 2.24) is 0 Å². The summed E-state index contributed by atoms with van der Waals surface area (Å²) in [6.07, 6.45) is 0.452. The Kier molecular flexibility index (Phi) is 4.85. The molecule has 0 amide bonds. The van der Waals surface area contributed by atoms with Crippen LogP contribution in [0.3, 0.4) is 0 Å². The Hall–Kier alpha value is -2.01. The SMILES string of the molecule is O=C(CCc1ccccc1C=S)c1cc(F)c(F)c(F)c1. The Morgan fingerprint density at radius 3 is 2.33 bits per heavy atom. The van der Waals surface area contributed by atoms with E-state index in [-0.39, 0.29) is 12.0 Å². The van der Waals surface area contributed by atoms with Gasteiger partial charge in [-0.15, -0.1) is 0 Å². The molecule has 0 unspecified atom stereocenters. The van der Waals surface area contributed by atoms with Gasteiger partial charge in [0.25, 0.3) is 0 Å². The second kappa shape index (κ2) is 6.63. The van der Waals surface area contributed by atoms with Gasteiger partial charge in [0.15, 0.2) is 23.2 Å². The Labute approximate surface area is 125 Å². The number of benzene rings is 2. The van der Waals surface area contributed by atoms with Gasteiger partial charge in [-0.05, 0) is 29.7 Å². The number of hydrogen-bond donors (Lipinski definition) is 0. The lowest BCUT2D eigenvalue weighted by Gasteiger charge is -2.06. The van der Waals surface area contributed by atoms with E-state index in [2.05, 4.69) is 0 Å². The molecule has 2 aromatic carbocycles. The van der Waals surface area contributed by atoms with Gasteiger partial charge >= 0.3 is 0 Å². The lowest BCUT2D eigenvalue weighted by molar-refractivity contribution is 0.0981. The van der Waals surface area contributed by atoms with E-state index in [0.29, 0.717) is 18.6 Å². The Bertz CT molecular complexity index is 675. The predicted molar refractivity (Wildman–Crippen MR) is 78.2 cm³/mol. The van der Waals surface area contributed by atoms with Crippen LogP contribution in [0.1, 0.15) is 27.9 Å². The first kappa shape index (κ1) is 15.4. The van der Waals surface area contributed by atoms with Gasteiger partial charge in [-0.3, -0.25) is 4.79 Å². The van der Waals surface area contributed by atoms with E-state index in [0.717, 1.165) is 11.1 Å². The number of aryl methyl sites for hydroxylation is 1. The summed E-state index contributed by atoms with van der Waals surface area (Å²) < 4.78 is 39.0. The van der Waals surface area contributed by atoms with Crippen molar-refractivity contribution >= 4 is 23.4 Å². The summed E-state index contributed by atoms with van der Waals surface area (Å²) in [5, 5.41) is 1.51. The number of ketones is 1.